The normalized spacial score (nSPS) is 14.6. The number of amides is 1. The second kappa shape index (κ2) is 9.93. The first-order valence-corrected chi connectivity index (χ1v) is 9.53. The quantitative estimate of drug-likeness (QED) is 0.745. The number of carbonyl (C=O) groups excluding carboxylic acids is 1. The van der Waals surface area contributed by atoms with Crippen LogP contribution in [-0.4, -0.2) is 54.6 Å². The molecule has 0 atom stereocenters. The Bertz CT molecular complexity index is 766. The number of rotatable bonds is 6. The van der Waals surface area contributed by atoms with Crippen molar-refractivity contribution in [2.75, 3.05) is 39.3 Å². The molecule has 0 bridgehead atoms. The van der Waals surface area contributed by atoms with Crippen LogP contribution in [0.15, 0.2) is 30.3 Å². The van der Waals surface area contributed by atoms with Crippen LogP contribution in [0.3, 0.4) is 0 Å². The highest BCUT2D eigenvalue weighted by atomic mass is 35.5. The molecule has 0 unspecified atom stereocenters. The van der Waals surface area contributed by atoms with Gasteiger partial charge in [0.25, 0.3) is 5.91 Å². The van der Waals surface area contributed by atoms with Gasteiger partial charge in [-0.2, -0.15) is 0 Å². The molecule has 1 aliphatic rings. The van der Waals surface area contributed by atoms with E-state index in [1.54, 1.807) is 0 Å². The summed E-state index contributed by atoms with van der Waals surface area (Å²) in [6, 6.07) is 10.4. The van der Waals surface area contributed by atoms with Crippen LogP contribution in [0.5, 0.6) is 0 Å². The molecule has 1 aromatic heterocycles. The van der Waals surface area contributed by atoms with Gasteiger partial charge in [0, 0.05) is 49.8 Å². The molecule has 1 fully saturated rings. The van der Waals surface area contributed by atoms with Gasteiger partial charge in [0.05, 0.1) is 5.56 Å². The predicted molar refractivity (Wildman–Crippen MR) is 113 cm³/mol. The lowest BCUT2D eigenvalue weighted by molar-refractivity contribution is 0.0950. The third kappa shape index (κ3) is 5.34. The van der Waals surface area contributed by atoms with Crippen molar-refractivity contribution >= 4 is 18.3 Å². The molecule has 27 heavy (non-hydrogen) atoms. The summed E-state index contributed by atoms with van der Waals surface area (Å²) in [5, 5.41) is 6.45. The van der Waals surface area contributed by atoms with Gasteiger partial charge in [-0.1, -0.05) is 12.1 Å². The second-order valence-electron chi connectivity index (χ2n) is 7.16. The first-order chi connectivity index (χ1) is 12.6. The zero-order chi connectivity index (χ0) is 18.5. The summed E-state index contributed by atoms with van der Waals surface area (Å²) in [5.41, 5.74) is 5.17. The van der Waals surface area contributed by atoms with E-state index >= 15 is 0 Å². The zero-order valence-electron chi connectivity index (χ0n) is 16.5. The molecule has 1 aliphatic heterocycles. The maximum Gasteiger partial charge on any atom is 0.253 e. The number of piperazine rings is 1. The molecule has 2 aromatic rings. The van der Waals surface area contributed by atoms with Gasteiger partial charge in [-0.3, -0.25) is 4.79 Å². The Kier molecular flexibility index (Phi) is 7.90. The lowest BCUT2D eigenvalue weighted by Gasteiger charge is -2.27. The van der Waals surface area contributed by atoms with Crippen LogP contribution in [0.1, 0.15) is 33.7 Å². The summed E-state index contributed by atoms with van der Waals surface area (Å²) in [6.07, 6.45) is 0.988. The van der Waals surface area contributed by atoms with Gasteiger partial charge in [0.15, 0.2) is 0 Å². The van der Waals surface area contributed by atoms with Crippen molar-refractivity contribution in [3.05, 3.63) is 52.8 Å². The minimum Gasteiger partial charge on any atom is -0.352 e. The van der Waals surface area contributed by atoms with Gasteiger partial charge in [-0.25, -0.2) is 0 Å². The molecule has 1 saturated heterocycles. The summed E-state index contributed by atoms with van der Waals surface area (Å²) in [4.78, 5) is 15.1. The molecule has 2 N–H and O–H groups in total. The summed E-state index contributed by atoms with van der Waals surface area (Å²) in [6.45, 7) is 12.3. The minimum atomic E-state index is 0. The van der Waals surface area contributed by atoms with Gasteiger partial charge in [-0.05, 0) is 57.5 Å². The van der Waals surface area contributed by atoms with Crippen molar-refractivity contribution in [2.45, 2.75) is 27.2 Å². The van der Waals surface area contributed by atoms with Crippen LogP contribution in [-0.2, 0) is 0 Å². The molecule has 0 aliphatic carbocycles. The van der Waals surface area contributed by atoms with Crippen molar-refractivity contribution < 1.29 is 4.79 Å². The Morgan fingerprint density at radius 1 is 1.15 bits per heavy atom. The highest BCUT2D eigenvalue weighted by Crippen LogP contribution is 2.21. The molecule has 6 heteroatoms. The van der Waals surface area contributed by atoms with Gasteiger partial charge >= 0.3 is 0 Å². The third-order valence-corrected chi connectivity index (χ3v) is 5.08. The number of benzene rings is 1. The molecular formula is C21H31ClN4O. The average Bonchev–Trinajstić information content (AvgIpc) is 2.94. The predicted octanol–water partition coefficient (Wildman–Crippen LogP) is 2.85. The first-order valence-electron chi connectivity index (χ1n) is 9.53. The smallest absolute Gasteiger partial charge is 0.253 e. The Hall–Kier alpha value is -1.82. The van der Waals surface area contributed by atoms with Crippen LogP contribution in [0, 0.1) is 20.8 Å². The van der Waals surface area contributed by atoms with Crippen LogP contribution in [0.4, 0.5) is 0 Å². The number of carbonyl (C=O) groups is 1. The van der Waals surface area contributed by atoms with E-state index in [4.69, 9.17) is 0 Å². The molecule has 1 aromatic carbocycles. The second-order valence-corrected chi connectivity index (χ2v) is 7.16. The SMILES string of the molecule is Cc1cccc(-n2c(C)cc(C(=O)NCCCN3CCNCC3)c2C)c1.Cl. The van der Waals surface area contributed by atoms with Crippen molar-refractivity contribution in [1.29, 1.82) is 0 Å². The van der Waals surface area contributed by atoms with Crippen LogP contribution < -0.4 is 10.6 Å². The Morgan fingerprint density at radius 3 is 2.59 bits per heavy atom. The van der Waals surface area contributed by atoms with Gasteiger partial charge in [0.2, 0.25) is 0 Å². The highest BCUT2D eigenvalue weighted by Gasteiger charge is 2.16. The molecule has 0 radical (unpaired) electrons. The van der Waals surface area contributed by atoms with Crippen LogP contribution in [0.2, 0.25) is 0 Å². The molecule has 5 nitrogen and oxygen atoms in total. The van der Waals surface area contributed by atoms with E-state index in [1.807, 2.05) is 13.0 Å². The molecule has 148 valence electrons. The van der Waals surface area contributed by atoms with Gasteiger partial charge in [0.1, 0.15) is 0 Å². The zero-order valence-corrected chi connectivity index (χ0v) is 17.4. The van der Waals surface area contributed by atoms with E-state index in [2.05, 4.69) is 58.2 Å². The lowest BCUT2D eigenvalue weighted by atomic mass is 10.2. The number of halogens is 1. The lowest BCUT2D eigenvalue weighted by Crippen LogP contribution is -2.44. The Morgan fingerprint density at radius 2 is 1.89 bits per heavy atom. The molecule has 3 rings (SSSR count). The van der Waals surface area contributed by atoms with E-state index in [1.165, 1.54) is 5.56 Å². The highest BCUT2D eigenvalue weighted by molar-refractivity contribution is 5.95. The maximum absolute atomic E-state index is 12.6. The maximum atomic E-state index is 12.6. The summed E-state index contributed by atoms with van der Waals surface area (Å²) in [7, 11) is 0. The number of nitrogens with one attached hydrogen (secondary N) is 2. The van der Waals surface area contributed by atoms with Crippen LogP contribution in [0.25, 0.3) is 5.69 Å². The van der Waals surface area contributed by atoms with Crippen molar-refractivity contribution in [1.82, 2.24) is 20.1 Å². The van der Waals surface area contributed by atoms with Gasteiger partial charge in [-0.15, -0.1) is 12.4 Å². The van der Waals surface area contributed by atoms with E-state index in [-0.39, 0.29) is 18.3 Å². The molecule has 0 spiro atoms. The summed E-state index contributed by atoms with van der Waals surface area (Å²) in [5.74, 6) is 0.0253. The van der Waals surface area contributed by atoms with Crippen molar-refractivity contribution in [2.24, 2.45) is 0 Å². The number of nitrogens with zero attached hydrogens (tertiary/aromatic N) is 2. The number of aryl methyl sites for hydroxylation is 2. The molecule has 0 saturated carbocycles. The minimum absolute atomic E-state index is 0. The largest absolute Gasteiger partial charge is 0.352 e. The first kappa shape index (κ1) is 21.5. The summed E-state index contributed by atoms with van der Waals surface area (Å²) >= 11 is 0. The van der Waals surface area contributed by atoms with E-state index in [9.17, 15) is 4.79 Å². The fourth-order valence-electron chi connectivity index (χ4n) is 3.69. The van der Waals surface area contributed by atoms with Crippen LogP contribution >= 0.6 is 12.4 Å². The fraction of sp³-hybridized carbons (Fsp3) is 0.476. The molecule has 1 amide bonds. The summed E-state index contributed by atoms with van der Waals surface area (Å²) < 4.78 is 2.16. The standard InChI is InChI=1S/C21H30N4O.ClH/c1-16-6-4-7-19(14-16)25-17(2)15-20(18(25)3)21(26)23-8-5-11-24-12-9-22-10-13-24;/h4,6-7,14-15,22H,5,8-13H2,1-3H3,(H,23,26);1H. The molecular weight excluding hydrogens is 360 g/mol. The third-order valence-electron chi connectivity index (χ3n) is 5.08. The average molecular weight is 391 g/mol. The van der Waals surface area contributed by atoms with Gasteiger partial charge < -0.3 is 20.1 Å². The Balaban J connectivity index is 0.00000261. The number of hydrogen-bond acceptors (Lipinski definition) is 3. The number of hydrogen-bond donors (Lipinski definition) is 2. The topological polar surface area (TPSA) is 49.3 Å². The monoisotopic (exact) mass is 390 g/mol. The molecule has 2 heterocycles. The fourth-order valence-corrected chi connectivity index (χ4v) is 3.69. The van der Waals surface area contributed by atoms with E-state index in [0.717, 1.165) is 68.3 Å². The van der Waals surface area contributed by atoms with E-state index in [0.29, 0.717) is 0 Å². The van der Waals surface area contributed by atoms with Crippen molar-refractivity contribution in [3.8, 4) is 5.69 Å². The Labute approximate surface area is 168 Å². The van der Waals surface area contributed by atoms with E-state index < -0.39 is 0 Å². The van der Waals surface area contributed by atoms with Crippen molar-refractivity contribution in [3.63, 3.8) is 0 Å². The number of aromatic nitrogens is 1.